The summed E-state index contributed by atoms with van der Waals surface area (Å²) < 4.78 is 5.19. The molecule has 0 radical (unpaired) electrons. The average Bonchev–Trinajstić information content (AvgIpc) is 2.76. The van der Waals surface area contributed by atoms with Crippen molar-refractivity contribution in [1.29, 1.82) is 0 Å². The molecule has 2 unspecified atom stereocenters. The van der Waals surface area contributed by atoms with Crippen LogP contribution in [-0.2, 0) is 0 Å². The summed E-state index contributed by atoms with van der Waals surface area (Å²) in [7, 11) is 1.63. The van der Waals surface area contributed by atoms with E-state index in [1.807, 2.05) is 6.07 Å². The summed E-state index contributed by atoms with van der Waals surface area (Å²) in [5.41, 5.74) is 6.81. The first-order valence-electron chi connectivity index (χ1n) is 5.98. The summed E-state index contributed by atoms with van der Waals surface area (Å²) in [5.74, 6) is 1.09. The third kappa shape index (κ3) is 2.53. The van der Waals surface area contributed by atoms with Crippen molar-refractivity contribution in [2.45, 2.75) is 25.4 Å². The van der Waals surface area contributed by atoms with E-state index in [1.165, 1.54) is 0 Å². The van der Waals surface area contributed by atoms with Crippen LogP contribution in [0.5, 0.6) is 11.5 Å². The Balaban J connectivity index is 2.20. The van der Waals surface area contributed by atoms with Crippen LogP contribution in [-0.4, -0.2) is 36.2 Å². The summed E-state index contributed by atoms with van der Waals surface area (Å²) in [6.45, 7) is 3.96. The van der Waals surface area contributed by atoms with Crippen molar-refractivity contribution in [1.82, 2.24) is 4.90 Å². The highest BCUT2D eigenvalue weighted by Crippen LogP contribution is 2.33. The van der Waals surface area contributed by atoms with Crippen LogP contribution in [0.4, 0.5) is 0 Å². The van der Waals surface area contributed by atoms with Gasteiger partial charge >= 0.3 is 0 Å². The van der Waals surface area contributed by atoms with Gasteiger partial charge in [-0.05, 0) is 31.5 Å². The maximum absolute atomic E-state index is 9.91. The fraction of sp³-hybridized carbons (Fsp3) is 0.538. The molecule has 0 amide bonds. The lowest BCUT2D eigenvalue weighted by atomic mass is 10.1. The Kier molecular flexibility index (Phi) is 3.54. The van der Waals surface area contributed by atoms with Crippen LogP contribution >= 0.6 is 0 Å². The van der Waals surface area contributed by atoms with Crippen molar-refractivity contribution in [2.75, 3.05) is 20.2 Å². The number of phenolic OH excluding ortho intramolecular Hbond substituents is 1. The Morgan fingerprint density at radius 2 is 2.29 bits per heavy atom. The molecule has 17 heavy (non-hydrogen) atoms. The SMILES string of the molecule is COc1ccc(O)c(C(C)N2CCC(N)C2)c1. The predicted molar refractivity (Wildman–Crippen MR) is 67.2 cm³/mol. The lowest BCUT2D eigenvalue weighted by molar-refractivity contribution is 0.254. The summed E-state index contributed by atoms with van der Waals surface area (Å²) in [6.07, 6.45) is 1.02. The van der Waals surface area contributed by atoms with Gasteiger partial charge in [-0.1, -0.05) is 0 Å². The number of rotatable bonds is 3. The molecule has 1 aromatic carbocycles. The molecule has 1 fully saturated rings. The molecule has 4 heteroatoms. The number of benzene rings is 1. The molecule has 4 nitrogen and oxygen atoms in total. The molecular weight excluding hydrogens is 216 g/mol. The molecule has 1 aromatic rings. The van der Waals surface area contributed by atoms with E-state index in [2.05, 4.69) is 11.8 Å². The van der Waals surface area contributed by atoms with Crippen molar-refractivity contribution in [3.8, 4) is 11.5 Å². The van der Waals surface area contributed by atoms with Gasteiger partial charge in [-0.2, -0.15) is 0 Å². The highest BCUT2D eigenvalue weighted by molar-refractivity contribution is 5.41. The summed E-state index contributed by atoms with van der Waals surface area (Å²) in [5, 5.41) is 9.91. The standard InChI is InChI=1S/C13H20N2O2/c1-9(15-6-5-10(14)8-15)12-7-11(17-2)3-4-13(12)16/h3-4,7,9-10,16H,5-6,8,14H2,1-2H3. The van der Waals surface area contributed by atoms with Crippen molar-refractivity contribution in [3.63, 3.8) is 0 Å². The number of methoxy groups -OCH3 is 1. The molecule has 1 heterocycles. The van der Waals surface area contributed by atoms with E-state index in [0.29, 0.717) is 5.75 Å². The maximum atomic E-state index is 9.91. The monoisotopic (exact) mass is 236 g/mol. The lowest BCUT2D eigenvalue weighted by Gasteiger charge is -2.25. The van der Waals surface area contributed by atoms with E-state index >= 15 is 0 Å². The molecule has 0 aromatic heterocycles. The van der Waals surface area contributed by atoms with Gasteiger partial charge in [0.1, 0.15) is 11.5 Å². The van der Waals surface area contributed by atoms with Crippen molar-refractivity contribution >= 4 is 0 Å². The van der Waals surface area contributed by atoms with Crippen LogP contribution in [0.25, 0.3) is 0 Å². The smallest absolute Gasteiger partial charge is 0.120 e. The van der Waals surface area contributed by atoms with Gasteiger partial charge in [0.2, 0.25) is 0 Å². The second kappa shape index (κ2) is 4.94. The van der Waals surface area contributed by atoms with Crippen molar-refractivity contribution in [3.05, 3.63) is 23.8 Å². The molecular formula is C13H20N2O2. The molecule has 0 spiro atoms. The molecule has 1 saturated heterocycles. The van der Waals surface area contributed by atoms with E-state index in [1.54, 1.807) is 19.2 Å². The van der Waals surface area contributed by atoms with Crippen LogP contribution < -0.4 is 10.5 Å². The Labute approximate surface area is 102 Å². The first-order chi connectivity index (χ1) is 8.11. The minimum Gasteiger partial charge on any atom is -0.508 e. The highest BCUT2D eigenvalue weighted by Gasteiger charge is 2.26. The first kappa shape index (κ1) is 12.2. The molecule has 94 valence electrons. The minimum atomic E-state index is 0.165. The van der Waals surface area contributed by atoms with E-state index in [-0.39, 0.29) is 12.1 Å². The van der Waals surface area contributed by atoms with Crippen LogP contribution in [0, 0.1) is 0 Å². The van der Waals surface area contributed by atoms with Crippen LogP contribution in [0.15, 0.2) is 18.2 Å². The number of hydrogen-bond donors (Lipinski definition) is 2. The van der Waals surface area contributed by atoms with Gasteiger partial charge in [0.25, 0.3) is 0 Å². The fourth-order valence-electron chi connectivity index (χ4n) is 2.36. The predicted octanol–water partition coefficient (Wildman–Crippen LogP) is 1.49. The summed E-state index contributed by atoms with van der Waals surface area (Å²) in [4.78, 5) is 2.29. The van der Waals surface area contributed by atoms with E-state index in [0.717, 1.165) is 30.8 Å². The third-order valence-electron chi connectivity index (χ3n) is 3.49. The Morgan fingerprint density at radius 3 is 2.88 bits per heavy atom. The van der Waals surface area contributed by atoms with Crippen LogP contribution in [0.3, 0.4) is 0 Å². The zero-order chi connectivity index (χ0) is 12.4. The number of likely N-dealkylation sites (tertiary alicyclic amines) is 1. The molecule has 1 aliphatic heterocycles. The van der Waals surface area contributed by atoms with Crippen LogP contribution in [0.1, 0.15) is 24.9 Å². The molecule has 2 rings (SSSR count). The second-order valence-electron chi connectivity index (χ2n) is 4.64. The van der Waals surface area contributed by atoms with Gasteiger partial charge in [0, 0.05) is 30.7 Å². The zero-order valence-corrected chi connectivity index (χ0v) is 10.4. The number of hydrogen-bond acceptors (Lipinski definition) is 4. The molecule has 0 saturated carbocycles. The normalized spacial score (nSPS) is 22.6. The molecule has 2 atom stereocenters. The van der Waals surface area contributed by atoms with Crippen molar-refractivity contribution < 1.29 is 9.84 Å². The Hall–Kier alpha value is -1.26. The lowest BCUT2D eigenvalue weighted by Crippen LogP contribution is -2.28. The molecule has 0 aliphatic carbocycles. The van der Waals surface area contributed by atoms with E-state index < -0.39 is 0 Å². The zero-order valence-electron chi connectivity index (χ0n) is 10.4. The van der Waals surface area contributed by atoms with Gasteiger partial charge < -0.3 is 15.6 Å². The largest absolute Gasteiger partial charge is 0.508 e. The minimum absolute atomic E-state index is 0.165. The van der Waals surface area contributed by atoms with E-state index in [4.69, 9.17) is 10.5 Å². The molecule has 1 aliphatic rings. The average molecular weight is 236 g/mol. The van der Waals surface area contributed by atoms with Gasteiger partial charge in [0.05, 0.1) is 7.11 Å². The molecule has 3 N–H and O–H groups in total. The quantitative estimate of drug-likeness (QED) is 0.835. The summed E-state index contributed by atoms with van der Waals surface area (Å²) in [6, 6.07) is 5.76. The van der Waals surface area contributed by atoms with Gasteiger partial charge in [-0.15, -0.1) is 0 Å². The van der Waals surface area contributed by atoms with Crippen molar-refractivity contribution in [2.24, 2.45) is 5.73 Å². The van der Waals surface area contributed by atoms with Crippen LogP contribution in [0.2, 0.25) is 0 Å². The third-order valence-corrected chi connectivity index (χ3v) is 3.49. The first-order valence-corrected chi connectivity index (χ1v) is 5.98. The number of nitrogens with two attached hydrogens (primary N) is 1. The Bertz CT molecular complexity index is 395. The van der Waals surface area contributed by atoms with Gasteiger partial charge in [-0.25, -0.2) is 0 Å². The number of ether oxygens (including phenoxy) is 1. The van der Waals surface area contributed by atoms with E-state index in [9.17, 15) is 5.11 Å². The topological polar surface area (TPSA) is 58.7 Å². The number of aromatic hydroxyl groups is 1. The maximum Gasteiger partial charge on any atom is 0.120 e. The number of phenols is 1. The van der Waals surface area contributed by atoms with Gasteiger partial charge in [0.15, 0.2) is 0 Å². The fourth-order valence-corrected chi connectivity index (χ4v) is 2.36. The summed E-state index contributed by atoms with van der Waals surface area (Å²) >= 11 is 0. The molecule has 0 bridgehead atoms. The van der Waals surface area contributed by atoms with Gasteiger partial charge in [-0.3, -0.25) is 4.90 Å². The second-order valence-corrected chi connectivity index (χ2v) is 4.64. The highest BCUT2D eigenvalue weighted by atomic mass is 16.5. The Morgan fingerprint density at radius 1 is 1.53 bits per heavy atom. The number of nitrogens with zero attached hydrogens (tertiary/aromatic N) is 1.